The van der Waals surface area contributed by atoms with Gasteiger partial charge in [-0.3, -0.25) is 4.98 Å². The van der Waals surface area contributed by atoms with Gasteiger partial charge in [-0.25, -0.2) is 0 Å². The Kier molecular flexibility index (Phi) is 3.24. The van der Waals surface area contributed by atoms with Crippen molar-refractivity contribution in [2.24, 2.45) is 0 Å². The number of pyridine rings is 1. The summed E-state index contributed by atoms with van der Waals surface area (Å²) in [6.07, 6.45) is 3.17. The third-order valence-corrected chi connectivity index (χ3v) is 3.27. The van der Waals surface area contributed by atoms with Crippen LogP contribution < -0.4 is 4.74 Å². The molecular formula is C16H9ClN2O. The molecule has 0 N–H and O–H groups in total. The van der Waals surface area contributed by atoms with Crippen LogP contribution in [-0.2, 0) is 0 Å². The fourth-order valence-corrected chi connectivity index (χ4v) is 2.16. The molecule has 0 saturated carbocycles. The fraction of sp³-hybridized carbons (Fsp3) is 0. The minimum Gasteiger partial charge on any atom is -0.454 e. The summed E-state index contributed by atoms with van der Waals surface area (Å²) in [5, 5.41) is 11.4. The zero-order valence-corrected chi connectivity index (χ0v) is 11.1. The van der Waals surface area contributed by atoms with E-state index in [-0.39, 0.29) is 0 Å². The average molecular weight is 281 g/mol. The van der Waals surface area contributed by atoms with Crippen LogP contribution in [0, 0.1) is 11.3 Å². The topological polar surface area (TPSA) is 45.9 Å². The summed E-state index contributed by atoms with van der Waals surface area (Å²) in [6.45, 7) is 0. The summed E-state index contributed by atoms with van der Waals surface area (Å²) in [5.41, 5.74) is 0.616. The summed E-state index contributed by atoms with van der Waals surface area (Å²) in [6, 6.07) is 15.0. The smallest absolute Gasteiger partial charge is 0.164 e. The summed E-state index contributed by atoms with van der Waals surface area (Å²) in [7, 11) is 0. The molecule has 0 aliphatic rings. The molecule has 0 fully saturated rings. The molecule has 4 heteroatoms. The third-order valence-electron chi connectivity index (χ3n) is 2.96. The molecule has 96 valence electrons. The molecule has 3 nitrogen and oxygen atoms in total. The molecule has 0 unspecified atom stereocenters. The van der Waals surface area contributed by atoms with Gasteiger partial charge >= 0.3 is 0 Å². The molecule has 0 radical (unpaired) electrons. The standard InChI is InChI=1S/C16H9ClN2O/c17-14-7-8-19-10-16(14)20-15-6-5-11(9-18)12-3-1-2-4-13(12)15/h1-8,10H. The van der Waals surface area contributed by atoms with Gasteiger partial charge in [-0.05, 0) is 18.2 Å². The Bertz CT molecular complexity index is 824. The van der Waals surface area contributed by atoms with Crippen LogP contribution in [0.15, 0.2) is 54.9 Å². The Labute approximate surface area is 121 Å². The lowest BCUT2D eigenvalue weighted by Crippen LogP contribution is -1.89. The lowest BCUT2D eigenvalue weighted by Gasteiger charge is -2.10. The fourth-order valence-electron chi connectivity index (χ4n) is 2.01. The summed E-state index contributed by atoms with van der Waals surface area (Å²) in [4.78, 5) is 3.99. The minimum absolute atomic E-state index is 0.490. The normalized spacial score (nSPS) is 10.2. The van der Waals surface area contributed by atoms with E-state index in [9.17, 15) is 0 Å². The van der Waals surface area contributed by atoms with Crippen molar-refractivity contribution in [1.82, 2.24) is 4.98 Å². The lowest BCUT2D eigenvalue weighted by molar-refractivity contribution is 0.486. The first-order valence-electron chi connectivity index (χ1n) is 5.99. The lowest BCUT2D eigenvalue weighted by atomic mass is 10.0. The van der Waals surface area contributed by atoms with E-state index < -0.39 is 0 Å². The van der Waals surface area contributed by atoms with Gasteiger partial charge in [-0.1, -0.05) is 35.9 Å². The van der Waals surface area contributed by atoms with Crippen molar-refractivity contribution in [3.05, 3.63) is 65.4 Å². The van der Waals surface area contributed by atoms with E-state index in [4.69, 9.17) is 21.6 Å². The monoisotopic (exact) mass is 280 g/mol. The Morgan fingerprint density at radius 2 is 1.80 bits per heavy atom. The summed E-state index contributed by atoms with van der Waals surface area (Å²) in [5.74, 6) is 1.14. The molecular weight excluding hydrogens is 272 g/mol. The number of nitrogens with zero attached hydrogens (tertiary/aromatic N) is 2. The van der Waals surface area contributed by atoms with Crippen LogP contribution in [-0.4, -0.2) is 4.98 Å². The first-order valence-corrected chi connectivity index (χ1v) is 6.36. The van der Waals surface area contributed by atoms with E-state index in [2.05, 4.69) is 11.1 Å². The van der Waals surface area contributed by atoms with Gasteiger partial charge in [-0.15, -0.1) is 0 Å². The van der Waals surface area contributed by atoms with E-state index >= 15 is 0 Å². The molecule has 1 aromatic heterocycles. The molecule has 0 bridgehead atoms. The van der Waals surface area contributed by atoms with Crippen molar-refractivity contribution in [2.75, 3.05) is 0 Å². The second-order valence-corrected chi connectivity index (χ2v) is 4.58. The van der Waals surface area contributed by atoms with Crippen LogP contribution in [0.2, 0.25) is 5.02 Å². The number of halogens is 1. The second kappa shape index (κ2) is 5.20. The molecule has 3 aromatic rings. The number of hydrogen-bond acceptors (Lipinski definition) is 3. The Morgan fingerprint density at radius 1 is 1.00 bits per heavy atom. The molecule has 1 heterocycles. The van der Waals surface area contributed by atoms with Crippen molar-refractivity contribution in [3.63, 3.8) is 0 Å². The van der Waals surface area contributed by atoms with Crippen molar-refractivity contribution in [1.29, 1.82) is 5.26 Å². The quantitative estimate of drug-likeness (QED) is 0.691. The average Bonchev–Trinajstić information content (AvgIpc) is 2.50. The number of aromatic nitrogens is 1. The Morgan fingerprint density at radius 3 is 2.55 bits per heavy atom. The van der Waals surface area contributed by atoms with Crippen molar-refractivity contribution in [2.45, 2.75) is 0 Å². The van der Waals surface area contributed by atoms with Crippen LogP contribution in [0.5, 0.6) is 11.5 Å². The number of ether oxygens (including phenoxy) is 1. The van der Waals surface area contributed by atoms with Gasteiger partial charge in [0, 0.05) is 17.0 Å². The van der Waals surface area contributed by atoms with E-state index in [1.54, 1.807) is 30.6 Å². The van der Waals surface area contributed by atoms with Crippen molar-refractivity contribution < 1.29 is 4.74 Å². The molecule has 0 saturated heterocycles. The first kappa shape index (κ1) is 12.5. The molecule has 0 aliphatic heterocycles. The van der Waals surface area contributed by atoms with E-state index in [0.29, 0.717) is 22.1 Å². The van der Waals surface area contributed by atoms with Crippen LogP contribution in [0.4, 0.5) is 0 Å². The number of nitriles is 1. The van der Waals surface area contributed by atoms with Crippen LogP contribution in [0.1, 0.15) is 5.56 Å². The molecule has 0 aliphatic carbocycles. The van der Waals surface area contributed by atoms with Gasteiger partial charge in [0.05, 0.1) is 22.9 Å². The maximum Gasteiger partial charge on any atom is 0.164 e. The highest BCUT2D eigenvalue weighted by Crippen LogP contribution is 2.34. The Balaban J connectivity index is 2.14. The molecule has 20 heavy (non-hydrogen) atoms. The van der Waals surface area contributed by atoms with Crippen molar-refractivity contribution >= 4 is 22.4 Å². The van der Waals surface area contributed by atoms with Crippen molar-refractivity contribution in [3.8, 4) is 17.6 Å². The highest BCUT2D eigenvalue weighted by molar-refractivity contribution is 6.32. The SMILES string of the molecule is N#Cc1ccc(Oc2cnccc2Cl)c2ccccc12. The zero-order chi connectivity index (χ0) is 13.9. The molecule has 0 amide bonds. The first-order chi connectivity index (χ1) is 9.79. The predicted octanol–water partition coefficient (Wildman–Crippen LogP) is 4.55. The summed E-state index contributed by atoms with van der Waals surface area (Å²) >= 11 is 6.07. The molecule has 2 aromatic carbocycles. The van der Waals surface area contributed by atoms with E-state index in [1.165, 1.54) is 0 Å². The van der Waals surface area contributed by atoms with Crippen LogP contribution in [0.3, 0.4) is 0 Å². The molecule has 0 atom stereocenters. The van der Waals surface area contributed by atoms with Gasteiger partial charge in [0.2, 0.25) is 0 Å². The number of benzene rings is 2. The van der Waals surface area contributed by atoms with Crippen LogP contribution in [0.25, 0.3) is 10.8 Å². The maximum atomic E-state index is 9.14. The summed E-state index contributed by atoms with van der Waals surface area (Å²) < 4.78 is 5.82. The van der Waals surface area contributed by atoms with Gasteiger partial charge in [0.25, 0.3) is 0 Å². The van der Waals surface area contributed by atoms with E-state index in [0.717, 1.165) is 10.8 Å². The maximum absolute atomic E-state index is 9.14. The highest BCUT2D eigenvalue weighted by Gasteiger charge is 2.09. The van der Waals surface area contributed by atoms with Gasteiger partial charge in [-0.2, -0.15) is 5.26 Å². The largest absolute Gasteiger partial charge is 0.454 e. The number of fused-ring (bicyclic) bond motifs is 1. The third kappa shape index (κ3) is 2.18. The van der Waals surface area contributed by atoms with Gasteiger partial charge < -0.3 is 4.74 Å². The minimum atomic E-state index is 0.490. The van der Waals surface area contributed by atoms with Crippen LogP contribution >= 0.6 is 11.6 Å². The van der Waals surface area contributed by atoms with E-state index in [1.807, 2.05) is 24.3 Å². The van der Waals surface area contributed by atoms with Gasteiger partial charge in [0.1, 0.15) is 5.75 Å². The molecule has 3 rings (SSSR count). The number of rotatable bonds is 2. The molecule has 0 spiro atoms. The predicted molar refractivity (Wildman–Crippen MR) is 78.0 cm³/mol. The van der Waals surface area contributed by atoms with Gasteiger partial charge in [0.15, 0.2) is 5.75 Å². The Hall–Kier alpha value is -2.57. The number of hydrogen-bond donors (Lipinski definition) is 0. The second-order valence-electron chi connectivity index (χ2n) is 4.18. The highest BCUT2D eigenvalue weighted by atomic mass is 35.5. The zero-order valence-electron chi connectivity index (χ0n) is 10.4.